The third-order valence-corrected chi connectivity index (χ3v) is 2.04. The number of benzene rings is 1. The van der Waals surface area contributed by atoms with E-state index in [9.17, 15) is 0 Å². The maximum absolute atomic E-state index is 5.30. The van der Waals surface area contributed by atoms with Gasteiger partial charge in [0, 0.05) is 6.42 Å². The molecule has 2 rings (SSSR count). The van der Waals surface area contributed by atoms with Crippen LogP contribution in [-0.2, 0) is 15.9 Å². The molecular formula is C11H13O2. The summed E-state index contributed by atoms with van der Waals surface area (Å²) in [6.07, 6.45) is 2.87. The highest BCUT2D eigenvalue weighted by molar-refractivity contribution is 5.16. The topological polar surface area (TPSA) is 18.5 Å². The molecule has 1 aromatic rings. The summed E-state index contributed by atoms with van der Waals surface area (Å²) in [5, 5.41) is 0. The smallest absolute Gasteiger partial charge is 0.161 e. The second-order valence-corrected chi connectivity index (χ2v) is 3.04. The molecule has 0 N–H and O–H groups in total. The molecule has 0 aromatic heterocycles. The highest BCUT2D eigenvalue weighted by Crippen LogP contribution is 2.10. The standard InChI is InChI=1S/C11H13O2/c1-2-4-10(5-3-1)6-7-11-12-8-9-13-11/h1-5,7,11H,6,8-9H2. The van der Waals surface area contributed by atoms with Crippen LogP contribution >= 0.6 is 0 Å². The Morgan fingerprint density at radius 3 is 2.54 bits per heavy atom. The van der Waals surface area contributed by atoms with Crippen LogP contribution in [0, 0.1) is 6.42 Å². The molecule has 2 heteroatoms. The summed E-state index contributed by atoms with van der Waals surface area (Å²) in [5.74, 6) is 0. The van der Waals surface area contributed by atoms with Gasteiger partial charge in [-0.2, -0.15) is 0 Å². The van der Waals surface area contributed by atoms with Crippen molar-refractivity contribution in [2.75, 3.05) is 13.2 Å². The molecule has 13 heavy (non-hydrogen) atoms. The molecule has 1 aliphatic rings. The summed E-state index contributed by atoms with van der Waals surface area (Å²) in [4.78, 5) is 0. The van der Waals surface area contributed by atoms with Crippen molar-refractivity contribution in [1.29, 1.82) is 0 Å². The Bertz CT molecular complexity index is 240. The summed E-state index contributed by atoms with van der Waals surface area (Å²) in [7, 11) is 0. The van der Waals surface area contributed by atoms with Gasteiger partial charge in [-0.25, -0.2) is 0 Å². The Morgan fingerprint density at radius 2 is 1.85 bits per heavy atom. The van der Waals surface area contributed by atoms with Crippen molar-refractivity contribution in [2.24, 2.45) is 0 Å². The van der Waals surface area contributed by atoms with Gasteiger partial charge >= 0.3 is 0 Å². The van der Waals surface area contributed by atoms with E-state index >= 15 is 0 Å². The molecule has 0 aliphatic carbocycles. The lowest BCUT2D eigenvalue weighted by atomic mass is 10.1. The molecule has 1 aromatic carbocycles. The van der Waals surface area contributed by atoms with Crippen LogP contribution in [0.15, 0.2) is 30.3 Å². The lowest BCUT2D eigenvalue weighted by molar-refractivity contribution is -0.0159. The quantitative estimate of drug-likeness (QED) is 0.701. The van der Waals surface area contributed by atoms with Gasteiger partial charge in [-0.15, -0.1) is 0 Å². The molecule has 1 saturated heterocycles. The van der Waals surface area contributed by atoms with Crippen LogP contribution in [0.5, 0.6) is 0 Å². The Balaban J connectivity index is 1.79. The van der Waals surface area contributed by atoms with Gasteiger partial charge in [-0.1, -0.05) is 30.3 Å². The van der Waals surface area contributed by atoms with E-state index in [1.165, 1.54) is 5.56 Å². The van der Waals surface area contributed by atoms with Crippen LogP contribution < -0.4 is 0 Å². The van der Waals surface area contributed by atoms with Gasteiger partial charge in [-0.3, -0.25) is 0 Å². The maximum Gasteiger partial charge on any atom is 0.161 e. The van der Waals surface area contributed by atoms with Crippen molar-refractivity contribution >= 4 is 0 Å². The van der Waals surface area contributed by atoms with Gasteiger partial charge in [0.1, 0.15) is 0 Å². The van der Waals surface area contributed by atoms with E-state index < -0.39 is 0 Å². The molecule has 0 saturated carbocycles. The van der Waals surface area contributed by atoms with Crippen molar-refractivity contribution < 1.29 is 9.47 Å². The predicted molar refractivity (Wildman–Crippen MR) is 50.1 cm³/mol. The zero-order chi connectivity index (χ0) is 8.93. The first kappa shape index (κ1) is 8.73. The molecule has 0 amide bonds. The van der Waals surface area contributed by atoms with E-state index in [1.54, 1.807) is 0 Å². The fraction of sp³-hybridized carbons (Fsp3) is 0.364. The summed E-state index contributed by atoms with van der Waals surface area (Å²) in [6, 6.07) is 10.3. The third kappa shape index (κ3) is 2.54. The highest BCUT2D eigenvalue weighted by Gasteiger charge is 2.15. The van der Waals surface area contributed by atoms with Crippen LogP contribution in [0.25, 0.3) is 0 Å². The largest absolute Gasteiger partial charge is 0.350 e. The number of ether oxygens (including phenoxy) is 2. The van der Waals surface area contributed by atoms with Crippen LogP contribution in [-0.4, -0.2) is 19.5 Å². The molecule has 1 aliphatic heterocycles. The van der Waals surface area contributed by atoms with Gasteiger partial charge in [-0.05, 0) is 12.0 Å². The Hall–Kier alpha value is -0.860. The number of hydrogen-bond donors (Lipinski definition) is 0. The fourth-order valence-electron chi connectivity index (χ4n) is 1.36. The van der Waals surface area contributed by atoms with E-state index in [4.69, 9.17) is 9.47 Å². The zero-order valence-corrected chi connectivity index (χ0v) is 7.48. The van der Waals surface area contributed by atoms with Crippen molar-refractivity contribution in [1.82, 2.24) is 0 Å². The molecule has 1 radical (unpaired) electrons. The average molecular weight is 177 g/mol. The van der Waals surface area contributed by atoms with Crippen molar-refractivity contribution in [2.45, 2.75) is 12.7 Å². The molecular weight excluding hydrogens is 164 g/mol. The minimum atomic E-state index is -0.0970. The van der Waals surface area contributed by atoms with E-state index in [1.807, 2.05) is 18.2 Å². The first-order chi connectivity index (χ1) is 6.45. The summed E-state index contributed by atoms with van der Waals surface area (Å²) in [6.45, 7) is 1.44. The number of hydrogen-bond acceptors (Lipinski definition) is 2. The van der Waals surface area contributed by atoms with Crippen LogP contribution in [0.3, 0.4) is 0 Å². The average Bonchev–Trinajstić information content (AvgIpc) is 2.69. The summed E-state index contributed by atoms with van der Waals surface area (Å²) < 4.78 is 10.6. The maximum atomic E-state index is 5.30. The van der Waals surface area contributed by atoms with Crippen molar-refractivity contribution in [3.05, 3.63) is 42.3 Å². The summed E-state index contributed by atoms with van der Waals surface area (Å²) in [5.41, 5.74) is 1.29. The lowest BCUT2D eigenvalue weighted by Crippen LogP contribution is -2.09. The first-order valence-corrected chi connectivity index (χ1v) is 4.55. The van der Waals surface area contributed by atoms with E-state index in [2.05, 4.69) is 18.6 Å². The molecule has 0 spiro atoms. The van der Waals surface area contributed by atoms with Gasteiger partial charge < -0.3 is 9.47 Å². The van der Waals surface area contributed by atoms with Gasteiger partial charge in [0.25, 0.3) is 0 Å². The molecule has 0 unspecified atom stereocenters. The zero-order valence-electron chi connectivity index (χ0n) is 7.48. The van der Waals surface area contributed by atoms with Crippen molar-refractivity contribution in [3.63, 3.8) is 0 Å². The second-order valence-electron chi connectivity index (χ2n) is 3.04. The molecule has 1 fully saturated rings. The third-order valence-electron chi connectivity index (χ3n) is 2.04. The van der Waals surface area contributed by atoms with E-state index in [0.717, 1.165) is 19.6 Å². The normalized spacial score (nSPS) is 17.8. The molecule has 1 heterocycles. The van der Waals surface area contributed by atoms with E-state index in [-0.39, 0.29) is 6.29 Å². The highest BCUT2D eigenvalue weighted by atomic mass is 16.7. The second kappa shape index (κ2) is 4.40. The van der Waals surface area contributed by atoms with Crippen molar-refractivity contribution in [3.8, 4) is 0 Å². The Labute approximate surface area is 78.5 Å². The lowest BCUT2D eigenvalue weighted by Gasteiger charge is -2.07. The van der Waals surface area contributed by atoms with Gasteiger partial charge in [0.15, 0.2) is 6.29 Å². The SMILES string of the molecule is [CH](Cc1ccccc1)C1OCCO1. The molecule has 0 atom stereocenters. The Kier molecular flexibility index (Phi) is 2.95. The number of rotatable bonds is 3. The minimum Gasteiger partial charge on any atom is -0.350 e. The molecule has 2 nitrogen and oxygen atoms in total. The first-order valence-electron chi connectivity index (χ1n) is 4.55. The van der Waals surface area contributed by atoms with E-state index in [0.29, 0.717) is 0 Å². The van der Waals surface area contributed by atoms with Crippen LogP contribution in [0.4, 0.5) is 0 Å². The monoisotopic (exact) mass is 177 g/mol. The van der Waals surface area contributed by atoms with Crippen LogP contribution in [0.1, 0.15) is 5.56 Å². The van der Waals surface area contributed by atoms with Gasteiger partial charge in [0.2, 0.25) is 0 Å². The Morgan fingerprint density at radius 1 is 1.15 bits per heavy atom. The van der Waals surface area contributed by atoms with Crippen LogP contribution in [0.2, 0.25) is 0 Å². The van der Waals surface area contributed by atoms with Gasteiger partial charge in [0.05, 0.1) is 13.2 Å². The molecule has 0 bridgehead atoms. The minimum absolute atomic E-state index is 0.0970. The predicted octanol–water partition coefficient (Wildman–Crippen LogP) is 1.81. The fourth-order valence-corrected chi connectivity index (χ4v) is 1.36. The summed E-state index contributed by atoms with van der Waals surface area (Å²) >= 11 is 0. The molecule has 69 valence electrons.